The first-order chi connectivity index (χ1) is 9.29. The average Bonchev–Trinajstić information content (AvgIpc) is 2.77. The molecule has 0 atom stereocenters. The highest BCUT2D eigenvalue weighted by molar-refractivity contribution is 8.93. The molecule has 0 unspecified atom stereocenters. The van der Waals surface area contributed by atoms with Gasteiger partial charge in [0, 0.05) is 22.7 Å². The molecule has 1 aromatic carbocycles. The number of hydrogen-bond donors (Lipinski definition) is 1. The number of benzene rings is 1. The fourth-order valence-electron chi connectivity index (χ4n) is 2.31. The number of rotatable bonds is 2. The number of nitrogens with one attached hydrogen (secondary N) is 1. The van der Waals surface area contributed by atoms with Crippen molar-refractivity contribution in [3.8, 4) is 10.4 Å². The summed E-state index contributed by atoms with van der Waals surface area (Å²) in [5, 5.41) is 3.42. The highest BCUT2D eigenvalue weighted by Gasteiger charge is 2.20. The Labute approximate surface area is 132 Å². The molecular formula is C15H16BrNO2S. The van der Waals surface area contributed by atoms with Crippen LogP contribution in [0.15, 0.2) is 30.3 Å². The molecule has 0 aliphatic carbocycles. The predicted octanol–water partition coefficient (Wildman–Crippen LogP) is 4.14. The van der Waals surface area contributed by atoms with Crippen LogP contribution >= 0.6 is 28.3 Å². The summed E-state index contributed by atoms with van der Waals surface area (Å²) in [4.78, 5) is 13.7. The third kappa shape index (κ3) is 2.74. The number of halogens is 1. The second kappa shape index (κ2) is 6.41. The Kier molecular flexibility index (Phi) is 4.83. The zero-order valence-corrected chi connectivity index (χ0v) is 13.7. The monoisotopic (exact) mass is 353 g/mol. The van der Waals surface area contributed by atoms with Gasteiger partial charge in [0.1, 0.15) is 4.88 Å². The molecule has 2 heterocycles. The molecule has 0 bridgehead atoms. The lowest BCUT2D eigenvalue weighted by atomic mass is 10.1. The molecule has 0 radical (unpaired) electrons. The lowest BCUT2D eigenvalue weighted by molar-refractivity contribution is 0.0532. The van der Waals surface area contributed by atoms with Gasteiger partial charge in [-0.25, -0.2) is 4.79 Å². The Bertz CT molecular complexity index is 624. The summed E-state index contributed by atoms with van der Waals surface area (Å²) in [6.45, 7) is 3.14. The molecule has 5 heteroatoms. The average molecular weight is 354 g/mol. The number of thiophene rings is 1. The summed E-state index contributed by atoms with van der Waals surface area (Å²) in [5.74, 6) is -0.217. The fourth-order valence-corrected chi connectivity index (χ4v) is 3.46. The molecular weight excluding hydrogens is 338 g/mol. The maximum Gasteiger partial charge on any atom is 0.348 e. The molecule has 3 rings (SSSR count). The van der Waals surface area contributed by atoms with Gasteiger partial charge >= 0.3 is 5.97 Å². The number of carbonyl (C=O) groups is 1. The largest absolute Gasteiger partial charge is 0.462 e. The molecule has 0 fully saturated rings. The third-order valence-corrected chi connectivity index (χ3v) is 4.36. The van der Waals surface area contributed by atoms with Crippen LogP contribution in [0.2, 0.25) is 0 Å². The molecule has 0 saturated heterocycles. The maximum atomic E-state index is 11.8. The quantitative estimate of drug-likeness (QED) is 0.824. The fraction of sp³-hybridized carbons (Fsp3) is 0.267. The summed E-state index contributed by atoms with van der Waals surface area (Å²) >= 11 is 1.52. The van der Waals surface area contributed by atoms with Gasteiger partial charge in [0.15, 0.2) is 0 Å². The van der Waals surface area contributed by atoms with Crippen LogP contribution in [0.4, 0.5) is 5.69 Å². The van der Waals surface area contributed by atoms with Crippen molar-refractivity contribution >= 4 is 40.0 Å². The Morgan fingerprint density at radius 1 is 1.40 bits per heavy atom. The van der Waals surface area contributed by atoms with Crippen molar-refractivity contribution in [2.75, 3.05) is 18.5 Å². The first-order valence-electron chi connectivity index (χ1n) is 6.42. The van der Waals surface area contributed by atoms with Gasteiger partial charge < -0.3 is 10.1 Å². The van der Waals surface area contributed by atoms with Crippen molar-refractivity contribution < 1.29 is 9.53 Å². The van der Waals surface area contributed by atoms with E-state index in [1.807, 2.05) is 25.1 Å². The summed E-state index contributed by atoms with van der Waals surface area (Å²) < 4.78 is 5.08. The third-order valence-electron chi connectivity index (χ3n) is 3.17. The number of anilines is 1. The van der Waals surface area contributed by atoms with Gasteiger partial charge in [-0.3, -0.25) is 0 Å². The van der Waals surface area contributed by atoms with Crippen molar-refractivity contribution in [3.63, 3.8) is 0 Å². The molecule has 20 heavy (non-hydrogen) atoms. The number of para-hydroxylation sites is 1. The topological polar surface area (TPSA) is 38.3 Å². The lowest BCUT2D eigenvalue weighted by Gasteiger charge is -2.06. The van der Waals surface area contributed by atoms with Gasteiger partial charge in [-0.15, -0.1) is 28.3 Å². The molecule has 2 aromatic rings. The van der Waals surface area contributed by atoms with Crippen molar-refractivity contribution in [2.45, 2.75) is 13.3 Å². The van der Waals surface area contributed by atoms with E-state index in [4.69, 9.17) is 4.74 Å². The van der Waals surface area contributed by atoms with Crippen molar-refractivity contribution in [1.82, 2.24) is 0 Å². The first-order valence-corrected chi connectivity index (χ1v) is 7.24. The Morgan fingerprint density at radius 3 is 3.00 bits per heavy atom. The number of ether oxygens (including phenoxy) is 1. The van der Waals surface area contributed by atoms with Crippen molar-refractivity contribution in [2.24, 2.45) is 0 Å². The zero-order valence-electron chi connectivity index (χ0n) is 11.1. The van der Waals surface area contributed by atoms with Crippen LogP contribution in [0.25, 0.3) is 10.4 Å². The molecule has 1 N–H and O–H groups in total. The van der Waals surface area contributed by atoms with Crippen LogP contribution in [-0.2, 0) is 11.2 Å². The molecule has 1 aliphatic heterocycles. The highest BCUT2D eigenvalue weighted by Crippen LogP contribution is 2.39. The van der Waals surface area contributed by atoms with Gasteiger partial charge in [-0.05, 0) is 31.0 Å². The number of esters is 1. The van der Waals surface area contributed by atoms with Gasteiger partial charge in [-0.2, -0.15) is 0 Å². The van der Waals surface area contributed by atoms with E-state index in [9.17, 15) is 4.79 Å². The number of fused-ring (bicyclic) bond motifs is 3. The van der Waals surface area contributed by atoms with Crippen LogP contribution in [0.3, 0.4) is 0 Å². The molecule has 1 aliphatic rings. The molecule has 1 aromatic heterocycles. The Hall–Kier alpha value is -1.33. The van der Waals surface area contributed by atoms with Gasteiger partial charge in [-0.1, -0.05) is 18.2 Å². The SMILES string of the molecule is Br.CCOC(=O)c1cc2c(s1)-c1ccccc1NCC2. The van der Waals surface area contributed by atoms with Crippen LogP contribution in [0.5, 0.6) is 0 Å². The summed E-state index contributed by atoms with van der Waals surface area (Å²) in [7, 11) is 0. The molecule has 0 saturated carbocycles. The van der Waals surface area contributed by atoms with Gasteiger partial charge in [0.25, 0.3) is 0 Å². The molecule has 3 nitrogen and oxygen atoms in total. The first kappa shape index (κ1) is 15.1. The van der Waals surface area contributed by atoms with Crippen LogP contribution in [0.1, 0.15) is 22.2 Å². The van der Waals surface area contributed by atoms with E-state index in [0.29, 0.717) is 11.5 Å². The minimum atomic E-state index is -0.217. The number of carbonyl (C=O) groups excluding carboxylic acids is 1. The number of hydrogen-bond acceptors (Lipinski definition) is 4. The summed E-state index contributed by atoms with van der Waals surface area (Å²) in [6.07, 6.45) is 0.930. The smallest absolute Gasteiger partial charge is 0.348 e. The van der Waals surface area contributed by atoms with Gasteiger partial charge in [0.2, 0.25) is 0 Å². The van der Waals surface area contributed by atoms with E-state index in [0.717, 1.165) is 18.7 Å². The maximum absolute atomic E-state index is 11.8. The van der Waals surface area contributed by atoms with E-state index in [-0.39, 0.29) is 23.0 Å². The Balaban J connectivity index is 0.00000147. The highest BCUT2D eigenvalue weighted by atomic mass is 79.9. The minimum Gasteiger partial charge on any atom is -0.462 e. The standard InChI is InChI=1S/C15H15NO2S.BrH/c1-2-18-15(17)13-9-10-7-8-16-12-6-4-3-5-11(12)14(10)19-13;/h3-6,9,16H,2,7-8H2,1H3;1H. The van der Waals surface area contributed by atoms with Crippen LogP contribution < -0.4 is 5.32 Å². The van der Waals surface area contributed by atoms with E-state index >= 15 is 0 Å². The predicted molar refractivity (Wildman–Crippen MR) is 88.2 cm³/mol. The minimum absolute atomic E-state index is 0. The van der Waals surface area contributed by atoms with E-state index < -0.39 is 0 Å². The van der Waals surface area contributed by atoms with Crippen LogP contribution in [0, 0.1) is 0 Å². The lowest BCUT2D eigenvalue weighted by Crippen LogP contribution is -2.03. The van der Waals surface area contributed by atoms with E-state index in [1.54, 1.807) is 0 Å². The van der Waals surface area contributed by atoms with Crippen molar-refractivity contribution in [1.29, 1.82) is 0 Å². The summed E-state index contributed by atoms with van der Waals surface area (Å²) in [5.41, 5.74) is 3.54. The van der Waals surface area contributed by atoms with Crippen molar-refractivity contribution in [3.05, 3.63) is 40.8 Å². The molecule has 0 spiro atoms. The Morgan fingerprint density at radius 2 is 2.20 bits per heavy atom. The zero-order chi connectivity index (χ0) is 13.2. The van der Waals surface area contributed by atoms with E-state index in [2.05, 4.69) is 17.4 Å². The molecule has 0 amide bonds. The normalized spacial score (nSPS) is 12.2. The second-order valence-electron chi connectivity index (χ2n) is 4.41. The van der Waals surface area contributed by atoms with Crippen LogP contribution in [-0.4, -0.2) is 19.1 Å². The summed E-state index contributed by atoms with van der Waals surface area (Å²) in [6, 6.07) is 10.2. The van der Waals surface area contributed by atoms with Gasteiger partial charge in [0.05, 0.1) is 6.61 Å². The second-order valence-corrected chi connectivity index (χ2v) is 5.46. The molecule has 106 valence electrons. The van der Waals surface area contributed by atoms with E-state index in [1.165, 1.54) is 27.3 Å².